The zero-order valence-corrected chi connectivity index (χ0v) is 12.8. The van der Waals surface area contributed by atoms with Gasteiger partial charge in [-0.3, -0.25) is 4.79 Å². The lowest BCUT2D eigenvalue weighted by Crippen LogP contribution is -2.25. The SMILES string of the molecule is O=C(NCCc1c[nH]c2ccc(F)cc12)c1ccc2nc[nH]c2c1. The van der Waals surface area contributed by atoms with Crippen molar-refractivity contribution in [1.82, 2.24) is 20.3 Å². The first-order chi connectivity index (χ1) is 11.7. The fraction of sp³-hybridized carbons (Fsp3) is 0.111. The molecule has 24 heavy (non-hydrogen) atoms. The van der Waals surface area contributed by atoms with Gasteiger partial charge in [0.25, 0.3) is 5.91 Å². The molecule has 5 nitrogen and oxygen atoms in total. The monoisotopic (exact) mass is 322 g/mol. The number of fused-ring (bicyclic) bond motifs is 2. The highest BCUT2D eigenvalue weighted by Gasteiger charge is 2.09. The number of nitrogens with one attached hydrogen (secondary N) is 3. The number of H-pyrrole nitrogens is 2. The van der Waals surface area contributed by atoms with Crippen LogP contribution in [0, 0.1) is 5.82 Å². The van der Waals surface area contributed by atoms with Crippen LogP contribution in [0.15, 0.2) is 48.9 Å². The first-order valence-electron chi connectivity index (χ1n) is 7.67. The molecule has 4 aromatic rings. The molecule has 0 aliphatic carbocycles. The van der Waals surface area contributed by atoms with Gasteiger partial charge < -0.3 is 15.3 Å². The number of benzene rings is 2. The summed E-state index contributed by atoms with van der Waals surface area (Å²) in [7, 11) is 0. The third-order valence-corrected chi connectivity index (χ3v) is 4.09. The van der Waals surface area contributed by atoms with Crippen molar-refractivity contribution in [3.63, 3.8) is 0 Å². The fourth-order valence-electron chi connectivity index (χ4n) is 2.85. The minimum Gasteiger partial charge on any atom is -0.361 e. The average molecular weight is 322 g/mol. The van der Waals surface area contributed by atoms with E-state index in [1.165, 1.54) is 12.1 Å². The second-order valence-corrected chi connectivity index (χ2v) is 5.64. The standard InChI is InChI=1S/C18H15FN4O/c19-13-2-4-15-14(8-13)12(9-21-15)5-6-20-18(24)11-1-3-16-17(7-11)23-10-22-16/h1-4,7-10,21H,5-6H2,(H,20,24)(H,22,23). The molecule has 0 bridgehead atoms. The Balaban J connectivity index is 1.44. The van der Waals surface area contributed by atoms with E-state index in [9.17, 15) is 9.18 Å². The largest absolute Gasteiger partial charge is 0.361 e. The molecule has 3 N–H and O–H groups in total. The van der Waals surface area contributed by atoms with E-state index < -0.39 is 0 Å². The maximum absolute atomic E-state index is 13.4. The van der Waals surface area contributed by atoms with Crippen LogP contribution in [0.25, 0.3) is 21.9 Å². The van der Waals surface area contributed by atoms with Crippen molar-refractivity contribution in [2.75, 3.05) is 6.54 Å². The molecular formula is C18H15FN4O. The van der Waals surface area contributed by atoms with E-state index in [1.54, 1.807) is 24.5 Å². The molecule has 1 amide bonds. The number of hydrogen-bond acceptors (Lipinski definition) is 2. The Morgan fingerprint density at radius 2 is 2.04 bits per heavy atom. The third kappa shape index (κ3) is 2.62. The molecule has 2 aromatic carbocycles. The fourth-order valence-corrected chi connectivity index (χ4v) is 2.85. The summed E-state index contributed by atoms with van der Waals surface area (Å²) in [6.45, 7) is 0.476. The molecule has 0 saturated carbocycles. The smallest absolute Gasteiger partial charge is 0.251 e. The van der Waals surface area contributed by atoms with E-state index in [0.717, 1.165) is 27.5 Å². The number of imidazole rings is 1. The van der Waals surface area contributed by atoms with Crippen LogP contribution in [-0.4, -0.2) is 27.4 Å². The van der Waals surface area contributed by atoms with E-state index in [2.05, 4.69) is 20.3 Å². The molecule has 6 heteroatoms. The molecule has 0 fully saturated rings. The second-order valence-electron chi connectivity index (χ2n) is 5.64. The normalized spacial score (nSPS) is 11.2. The number of aromatic amines is 2. The van der Waals surface area contributed by atoms with Gasteiger partial charge >= 0.3 is 0 Å². The number of amides is 1. The molecule has 0 aliphatic rings. The third-order valence-electron chi connectivity index (χ3n) is 4.09. The summed E-state index contributed by atoms with van der Waals surface area (Å²) in [6, 6.07) is 9.99. The van der Waals surface area contributed by atoms with Crippen molar-refractivity contribution >= 4 is 27.8 Å². The molecule has 0 unspecified atom stereocenters. The minimum absolute atomic E-state index is 0.141. The van der Waals surface area contributed by atoms with Crippen LogP contribution in [0.3, 0.4) is 0 Å². The van der Waals surface area contributed by atoms with Crippen LogP contribution in [-0.2, 0) is 6.42 Å². The second kappa shape index (κ2) is 5.81. The summed E-state index contributed by atoms with van der Waals surface area (Å²) in [5, 5.41) is 3.74. The van der Waals surface area contributed by atoms with Crippen molar-refractivity contribution in [2.45, 2.75) is 6.42 Å². The van der Waals surface area contributed by atoms with Crippen LogP contribution in [0.1, 0.15) is 15.9 Å². The molecule has 0 saturated heterocycles. The highest BCUT2D eigenvalue weighted by atomic mass is 19.1. The summed E-state index contributed by atoms with van der Waals surface area (Å²) in [6.07, 6.45) is 4.08. The Kier molecular flexibility index (Phi) is 3.49. The topological polar surface area (TPSA) is 73.6 Å². The highest BCUT2D eigenvalue weighted by Crippen LogP contribution is 2.19. The first-order valence-corrected chi connectivity index (χ1v) is 7.67. The number of carbonyl (C=O) groups excluding carboxylic acids is 1. The number of halogens is 1. The van der Waals surface area contributed by atoms with Gasteiger partial charge in [0, 0.05) is 29.2 Å². The molecule has 0 radical (unpaired) electrons. The summed E-state index contributed by atoms with van der Waals surface area (Å²) in [4.78, 5) is 22.5. The van der Waals surface area contributed by atoms with Crippen molar-refractivity contribution in [2.24, 2.45) is 0 Å². The lowest BCUT2D eigenvalue weighted by atomic mass is 10.1. The highest BCUT2D eigenvalue weighted by molar-refractivity contribution is 5.97. The van der Waals surface area contributed by atoms with Crippen molar-refractivity contribution < 1.29 is 9.18 Å². The summed E-state index contributed by atoms with van der Waals surface area (Å²) >= 11 is 0. The predicted molar refractivity (Wildman–Crippen MR) is 90.4 cm³/mol. The molecule has 120 valence electrons. The van der Waals surface area contributed by atoms with Gasteiger partial charge in [-0.25, -0.2) is 9.37 Å². The molecule has 2 heterocycles. The lowest BCUT2D eigenvalue weighted by Gasteiger charge is -2.05. The molecular weight excluding hydrogens is 307 g/mol. The minimum atomic E-state index is -0.264. The van der Waals surface area contributed by atoms with E-state index in [4.69, 9.17) is 0 Å². The van der Waals surface area contributed by atoms with Crippen molar-refractivity contribution in [3.05, 3.63) is 65.9 Å². The summed E-state index contributed by atoms with van der Waals surface area (Å²) < 4.78 is 13.4. The Bertz CT molecular complexity index is 1030. The van der Waals surface area contributed by atoms with Crippen LogP contribution in [0.4, 0.5) is 4.39 Å². The number of hydrogen-bond donors (Lipinski definition) is 3. The molecule has 0 atom stereocenters. The number of rotatable bonds is 4. The molecule has 0 aliphatic heterocycles. The summed E-state index contributed by atoms with van der Waals surface area (Å²) in [5.41, 5.74) is 4.11. The molecule has 4 rings (SSSR count). The van der Waals surface area contributed by atoms with Crippen molar-refractivity contribution in [3.8, 4) is 0 Å². The zero-order valence-electron chi connectivity index (χ0n) is 12.8. The van der Waals surface area contributed by atoms with Gasteiger partial charge in [0.05, 0.1) is 17.4 Å². The maximum atomic E-state index is 13.4. The molecule has 2 aromatic heterocycles. The lowest BCUT2D eigenvalue weighted by molar-refractivity contribution is 0.0954. The van der Waals surface area contributed by atoms with E-state index >= 15 is 0 Å². The summed E-state index contributed by atoms with van der Waals surface area (Å²) in [5.74, 6) is -0.405. The van der Waals surface area contributed by atoms with Gasteiger partial charge in [0.15, 0.2) is 0 Å². The average Bonchev–Trinajstić information content (AvgIpc) is 3.20. The van der Waals surface area contributed by atoms with E-state index in [1.807, 2.05) is 12.3 Å². The Morgan fingerprint density at radius 1 is 1.12 bits per heavy atom. The van der Waals surface area contributed by atoms with Crippen molar-refractivity contribution in [1.29, 1.82) is 0 Å². The van der Waals surface area contributed by atoms with Crippen LogP contribution in [0.2, 0.25) is 0 Å². The van der Waals surface area contributed by atoms with E-state index in [-0.39, 0.29) is 11.7 Å². The van der Waals surface area contributed by atoms with Gasteiger partial charge in [-0.1, -0.05) is 0 Å². The Labute approximate surface area is 136 Å². The van der Waals surface area contributed by atoms with Crippen LogP contribution >= 0.6 is 0 Å². The number of aromatic nitrogens is 3. The van der Waals surface area contributed by atoms with E-state index in [0.29, 0.717) is 18.5 Å². The maximum Gasteiger partial charge on any atom is 0.251 e. The van der Waals surface area contributed by atoms with Gasteiger partial charge in [-0.05, 0) is 48.4 Å². The van der Waals surface area contributed by atoms with Gasteiger partial charge in [-0.15, -0.1) is 0 Å². The number of nitrogens with zero attached hydrogens (tertiary/aromatic N) is 1. The Hall–Kier alpha value is -3.15. The van der Waals surface area contributed by atoms with Crippen LogP contribution in [0.5, 0.6) is 0 Å². The Morgan fingerprint density at radius 3 is 2.96 bits per heavy atom. The quantitative estimate of drug-likeness (QED) is 0.540. The first kappa shape index (κ1) is 14.4. The van der Waals surface area contributed by atoms with Gasteiger partial charge in [0.2, 0.25) is 0 Å². The zero-order chi connectivity index (χ0) is 16.5. The predicted octanol–water partition coefficient (Wildman–Crippen LogP) is 3.16. The van der Waals surface area contributed by atoms with Crippen LogP contribution < -0.4 is 5.32 Å². The van der Waals surface area contributed by atoms with Gasteiger partial charge in [-0.2, -0.15) is 0 Å². The van der Waals surface area contributed by atoms with Gasteiger partial charge in [0.1, 0.15) is 5.82 Å². The number of carbonyl (C=O) groups is 1. The molecule has 0 spiro atoms.